The molecule has 1 aromatic carbocycles. The molecule has 0 atom stereocenters. The fourth-order valence-electron chi connectivity index (χ4n) is 3.06. The van der Waals surface area contributed by atoms with Crippen molar-refractivity contribution in [3.63, 3.8) is 0 Å². The minimum Gasteiger partial charge on any atom is -0.443 e. The first kappa shape index (κ1) is 16.9. The van der Waals surface area contributed by atoms with Crippen molar-refractivity contribution in [3.05, 3.63) is 30.3 Å². The van der Waals surface area contributed by atoms with Crippen molar-refractivity contribution < 1.29 is 9.53 Å². The number of rotatable bonds is 2. The minimum absolute atomic E-state index is 0.218. The van der Waals surface area contributed by atoms with E-state index in [0.29, 0.717) is 0 Å². The second-order valence-corrected chi connectivity index (χ2v) is 7.18. The lowest BCUT2D eigenvalue weighted by Crippen LogP contribution is -2.44. The van der Waals surface area contributed by atoms with E-state index in [9.17, 15) is 4.79 Å². The van der Waals surface area contributed by atoms with E-state index in [-0.39, 0.29) is 12.1 Å². The van der Waals surface area contributed by atoms with Crippen molar-refractivity contribution in [1.29, 1.82) is 0 Å². The van der Waals surface area contributed by atoms with Crippen molar-refractivity contribution in [2.75, 3.05) is 4.90 Å². The van der Waals surface area contributed by atoms with Gasteiger partial charge in [-0.1, -0.05) is 50.3 Å². The zero-order chi connectivity index (χ0) is 16.0. The molecule has 0 aromatic heterocycles. The maximum atomic E-state index is 12.8. The van der Waals surface area contributed by atoms with Gasteiger partial charge in [-0.25, -0.2) is 4.79 Å². The summed E-state index contributed by atoms with van der Waals surface area (Å²) in [6, 6.07) is 10.2. The van der Waals surface area contributed by atoms with Gasteiger partial charge in [0.05, 0.1) is 0 Å². The Hall–Kier alpha value is -1.51. The number of nitrogens with zero attached hydrogens (tertiary/aromatic N) is 1. The molecular weight excluding hydrogens is 274 g/mol. The van der Waals surface area contributed by atoms with E-state index in [2.05, 4.69) is 0 Å². The number of carbonyl (C=O) groups excluding carboxylic acids is 1. The zero-order valence-electron chi connectivity index (χ0n) is 14.2. The van der Waals surface area contributed by atoms with Crippen LogP contribution in [0, 0.1) is 0 Å². The summed E-state index contributed by atoms with van der Waals surface area (Å²) in [7, 11) is 0. The van der Waals surface area contributed by atoms with Crippen LogP contribution in [0.5, 0.6) is 0 Å². The Morgan fingerprint density at radius 1 is 1.00 bits per heavy atom. The molecule has 1 amide bonds. The Kier molecular flexibility index (Phi) is 5.87. The maximum absolute atomic E-state index is 12.8. The smallest absolute Gasteiger partial charge is 0.415 e. The van der Waals surface area contributed by atoms with E-state index in [1.54, 1.807) is 0 Å². The quantitative estimate of drug-likeness (QED) is 0.717. The second kappa shape index (κ2) is 7.66. The summed E-state index contributed by atoms with van der Waals surface area (Å²) >= 11 is 0. The molecule has 122 valence electrons. The van der Waals surface area contributed by atoms with Gasteiger partial charge in [-0.15, -0.1) is 0 Å². The summed E-state index contributed by atoms with van der Waals surface area (Å²) in [5, 5.41) is 0. The van der Waals surface area contributed by atoms with Crippen molar-refractivity contribution in [3.8, 4) is 0 Å². The highest BCUT2D eigenvalue weighted by molar-refractivity contribution is 5.88. The molecule has 2 rings (SSSR count). The number of anilines is 1. The van der Waals surface area contributed by atoms with Crippen molar-refractivity contribution in [2.45, 2.75) is 77.4 Å². The maximum Gasteiger partial charge on any atom is 0.415 e. The van der Waals surface area contributed by atoms with Crippen LogP contribution in [0.25, 0.3) is 0 Å². The average Bonchev–Trinajstić information content (AvgIpc) is 2.40. The first-order valence-electron chi connectivity index (χ1n) is 8.54. The normalized spacial score (nSPS) is 17.4. The van der Waals surface area contributed by atoms with E-state index in [4.69, 9.17) is 4.74 Å². The van der Waals surface area contributed by atoms with Crippen LogP contribution in [0.4, 0.5) is 10.5 Å². The highest BCUT2D eigenvalue weighted by Crippen LogP contribution is 2.28. The SMILES string of the molecule is CC(C)(C)OC(=O)N(c1ccccc1)C1CCCCCCC1. The predicted molar refractivity (Wildman–Crippen MR) is 91.3 cm³/mol. The molecule has 0 saturated heterocycles. The summed E-state index contributed by atoms with van der Waals surface area (Å²) in [4.78, 5) is 14.6. The van der Waals surface area contributed by atoms with Gasteiger partial charge in [0.15, 0.2) is 0 Å². The van der Waals surface area contributed by atoms with Gasteiger partial charge in [0.2, 0.25) is 0 Å². The summed E-state index contributed by atoms with van der Waals surface area (Å²) in [6.07, 6.45) is 8.16. The molecule has 0 N–H and O–H groups in total. The van der Waals surface area contributed by atoms with E-state index in [1.165, 1.54) is 32.1 Å². The molecule has 3 heteroatoms. The van der Waals surface area contributed by atoms with Crippen LogP contribution in [0.3, 0.4) is 0 Å². The fraction of sp³-hybridized carbons (Fsp3) is 0.632. The van der Waals surface area contributed by atoms with Crippen LogP contribution >= 0.6 is 0 Å². The second-order valence-electron chi connectivity index (χ2n) is 7.18. The van der Waals surface area contributed by atoms with Gasteiger partial charge in [-0.3, -0.25) is 4.90 Å². The molecule has 0 radical (unpaired) electrons. The average molecular weight is 303 g/mol. The molecule has 0 spiro atoms. The molecule has 0 aliphatic heterocycles. The third kappa shape index (κ3) is 5.04. The van der Waals surface area contributed by atoms with Gasteiger partial charge in [0, 0.05) is 11.7 Å². The number of para-hydroxylation sites is 1. The Morgan fingerprint density at radius 2 is 1.55 bits per heavy atom. The number of benzene rings is 1. The molecule has 0 heterocycles. The predicted octanol–water partition coefficient (Wildman–Crippen LogP) is 5.54. The van der Waals surface area contributed by atoms with Gasteiger partial charge in [0.1, 0.15) is 5.60 Å². The molecule has 1 aliphatic carbocycles. The number of hydrogen-bond donors (Lipinski definition) is 0. The van der Waals surface area contributed by atoms with Crippen molar-refractivity contribution >= 4 is 11.8 Å². The van der Waals surface area contributed by atoms with Gasteiger partial charge >= 0.3 is 6.09 Å². The number of ether oxygens (including phenoxy) is 1. The summed E-state index contributed by atoms with van der Waals surface area (Å²) in [5.41, 5.74) is 0.480. The van der Waals surface area contributed by atoms with Gasteiger partial charge in [-0.05, 0) is 45.7 Å². The van der Waals surface area contributed by atoms with Crippen LogP contribution in [-0.4, -0.2) is 17.7 Å². The fourth-order valence-corrected chi connectivity index (χ4v) is 3.06. The molecule has 1 fully saturated rings. The summed E-state index contributed by atoms with van der Waals surface area (Å²) < 4.78 is 5.67. The number of carbonyl (C=O) groups is 1. The molecule has 0 unspecified atom stereocenters. The lowest BCUT2D eigenvalue weighted by atomic mass is 9.95. The Morgan fingerprint density at radius 3 is 2.09 bits per heavy atom. The minimum atomic E-state index is -0.467. The van der Waals surface area contributed by atoms with Gasteiger partial charge in [-0.2, -0.15) is 0 Å². The van der Waals surface area contributed by atoms with E-state index in [1.807, 2.05) is 56.0 Å². The first-order chi connectivity index (χ1) is 10.5. The van der Waals surface area contributed by atoms with Crippen LogP contribution in [0.2, 0.25) is 0 Å². The lowest BCUT2D eigenvalue weighted by molar-refractivity contribution is 0.0560. The van der Waals surface area contributed by atoms with Crippen LogP contribution in [0.1, 0.15) is 65.7 Å². The third-order valence-electron chi connectivity index (χ3n) is 4.06. The Labute approximate surface area is 134 Å². The Balaban J connectivity index is 2.22. The monoisotopic (exact) mass is 303 g/mol. The lowest BCUT2D eigenvalue weighted by Gasteiger charge is -2.34. The third-order valence-corrected chi connectivity index (χ3v) is 4.06. The largest absolute Gasteiger partial charge is 0.443 e. The molecule has 1 aliphatic rings. The number of amides is 1. The van der Waals surface area contributed by atoms with Crippen LogP contribution in [0.15, 0.2) is 30.3 Å². The van der Waals surface area contributed by atoms with Gasteiger partial charge in [0.25, 0.3) is 0 Å². The molecule has 1 saturated carbocycles. The highest BCUT2D eigenvalue weighted by Gasteiger charge is 2.29. The molecular formula is C19H29NO2. The van der Waals surface area contributed by atoms with E-state index < -0.39 is 5.60 Å². The Bertz CT molecular complexity index is 456. The molecule has 22 heavy (non-hydrogen) atoms. The van der Waals surface area contributed by atoms with E-state index in [0.717, 1.165) is 18.5 Å². The van der Waals surface area contributed by atoms with E-state index >= 15 is 0 Å². The molecule has 3 nitrogen and oxygen atoms in total. The van der Waals surface area contributed by atoms with Crippen molar-refractivity contribution in [1.82, 2.24) is 0 Å². The van der Waals surface area contributed by atoms with Crippen LogP contribution in [-0.2, 0) is 4.74 Å². The topological polar surface area (TPSA) is 29.5 Å². The standard InChI is InChI=1S/C19H29NO2/c1-19(2,3)22-18(21)20(17-14-10-7-11-15-17)16-12-8-5-4-6-9-13-16/h7,10-11,14-16H,4-6,8-9,12-13H2,1-3H3. The summed E-state index contributed by atoms with van der Waals surface area (Å²) in [5.74, 6) is 0. The van der Waals surface area contributed by atoms with Crippen molar-refractivity contribution in [2.24, 2.45) is 0 Å². The van der Waals surface area contributed by atoms with Gasteiger partial charge < -0.3 is 4.74 Å². The number of hydrogen-bond acceptors (Lipinski definition) is 2. The van der Waals surface area contributed by atoms with Crippen LogP contribution < -0.4 is 4.90 Å². The molecule has 0 bridgehead atoms. The highest BCUT2D eigenvalue weighted by atomic mass is 16.6. The zero-order valence-corrected chi connectivity index (χ0v) is 14.2. The summed E-state index contributed by atoms with van der Waals surface area (Å²) in [6.45, 7) is 5.77. The molecule has 1 aromatic rings. The first-order valence-corrected chi connectivity index (χ1v) is 8.54.